The molecule has 3 heterocycles. The van der Waals surface area contributed by atoms with E-state index in [2.05, 4.69) is 30.6 Å². The summed E-state index contributed by atoms with van der Waals surface area (Å²) in [5.41, 5.74) is 11.1. The predicted molar refractivity (Wildman–Crippen MR) is 168 cm³/mol. The molecule has 0 atom stereocenters. The van der Waals surface area contributed by atoms with Gasteiger partial charge in [0.05, 0.1) is 23.9 Å². The van der Waals surface area contributed by atoms with Crippen LogP contribution in [0.2, 0.25) is 0 Å². The first-order valence-corrected chi connectivity index (χ1v) is 14.3. The number of nitrogens with zero attached hydrogens (tertiary/aromatic N) is 4. The topological polar surface area (TPSA) is 235 Å². The number of benzene rings is 2. The summed E-state index contributed by atoms with van der Waals surface area (Å²) in [7, 11) is 0. The van der Waals surface area contributed by atoms with Crippen molar-refractivity contribution in [3.05, 3.63) is 65.7 Å². The van der Waals surface area contributed by atoms with Gasteiger partial charge < -0.3 is 36.4 Å². The van der Waals surface area contributed by atoms with E-state index in [9.17, 15) is 24.0 Å². The number of nitrogens with one attached hydrogen (secondary N) is 4. The highest BCUT2D eigenvalue weighted by Crippen LogP contribution is 2.30. The highest BCUT2D eigenvalue weighted by Gasteiger charge is 2.55. The van der Waals surface area contributed by atoms with Crippen LogP contribution in [0.5, 0.6) is 0 Å². The molecule has 16 heteroatoms. The Hall–Kier alpha value is -5.93. The maximum absolute atomic E-state index is 13.2. The molecule has 1 fully saturated rings. The van der Waals surface area contributed by atoms with E-state index in [1.54, 1.807) is 56.9 Å². The number of aromatic amines is 2. The monoisotopic (exact) mass is 630 g/mol. The third-order valence-corrected chi connectivity index (χ3v) is 7.43. The zero-order chi connectivity index (χ0) is 33.4. The van der Waals surface area contributed by atoms with Gasteiger partial charge in [-0.2, -0.15) is 0 Å². The molecule has 0 bridgehead atoms. The number of nitrogens with two attached hydrogens (primary N) is 2. The summed E-state index contributed by atoms with van der Waals surface area (Å²) >= 11 is 0. The van der Waals surface area contributed by atoms with Crippen LogP contribution < -0.4 is 27.0 Å². The number of H-pyrrole nitrogens is 2. The molecule has 16 nitrogen and oxygen atoms in total. The number of hydrogen-bond donors (Lipinski definition) is 6. The molecule has 46 heavy (non-hydrogen) atoms. The summed E-state index contributed by atoms with van der Waals surface area (Å²) in [4.78, 5) is 81.3. The van der Waals surface area contributed by atoms with Crippen molar-refractivity contribution in [2.45, 2.75) is 38.8 Å². The first-order chi connectivity index (χ1) is 21.7. The Morgan fingerprint density at radius 1 is 0.978 bits per heavy atom. The quantitative estimate of drug-likeness (QED) is 0.163. The number of aromatic nitrogens is 4. The van der Waals surface area contributed by atoms with E-state index in [-0.39, 0.29) is 37.0 Å². The van der Waals surface area contributed by atoms with E-state index in [1.165, 1.54) is 6.33 Å². The molecule has 2 aromatic carbocycles. The Bertz CT molecular complexity index is 1810. The molecule has 0 unspecified atom stereocenters. The van der Waals surface area contributed by atoms with Crippen molar-refractivity contribution in [3.63, 3.8) is 0 Å². The van der Waals surface area contributed by atoms with E-state index in [0.717, 1.165) is 10.4 Å². The van der Waals surface area contributed by atoms with Gasteiger partial charge in [-0.1, -0.05) is 12.1 Å². The number of aryl methyl sites for hydroxylation is 1. The van der Waals surface area contributed by atoms with Crippen LogP contribution in [-0.2, 0) is 14.3 Å². The van der Waals surface area contributed by atoms with Crippen molar-refractivity contribution < 1.29 is 28.7 Å². The fraction of sp³-hybridized carbons (Fsp3) is 0.300. The second-order valence-corrected chi connectivity index (χ2v) is 11.8. The summed E-state index contributed by atoms with van der Waals surface area (Å²) in [5.74, 6) is -3.22. The lowest BCUT2D eigenvalue weighted by Gasteiger charge is -2.47. The molecule has 1 saturated heterocycles. The molecule has 5 amide bonds. The van der Waals surface area contributed by atoms with Gasteiger partial charge in [-0.3, -0.25) is 29.4 Å². The number of piperazine rings is 1. The number of ether oxygens (including phenoxy) is 1. The Morgan fingerprint density at radius 2 is 1.70 bits per heavy atom. The van der Waals surface area contributed by atoms with Crippen molar-refractivity contribution in [2.75, 3.05) is 35.2 Å². The minimum absolute atomic E-state index is 0.0654. The highest BCUT2D eigenvalue weighted by atomic mass is 16.6. The Balaban J connectivity index is 1.31. The SMILES string of the molecule is Cc1cc(N2CCN(C(=O)OC(C)(C)C)C(C(N)=O)(C(N)=O)C2)ccc1NC(=O)c1nc[nH]c1C(=O)Nc1nc2ccccc2[nH]1. The summed E-state index contributed by atoms with van der Waals surface area (Å²) in [6, 6.07) is 12.3. The number of fused-ring (bicyclic) bond motifs is 1. The zero-order valence-electron chi connectivity index (χ0n) is 25.6. The molecule has 8 N–H and O–H groups in total. The van der Waals surface area contributed by atoms with Crippen LogP contribution in [0.15, 0.2) is 48.8 Å². The van der Waals surface area contributed by atoms with Crippen LogP contribution in [-0.4, -0.2) is 85.3 Å². The molecule has 0 spiro atoms. The van der Waals surface area contributed by atoms with Crippen molar-refractivity contribution in [1.29, 1.82) is 0 Å². The maximum atomic E-state index is 13.2. The molecule has 5 rings (SSSR count). The lowest BCUT2D eigenvalue weighted by molar-refractivity contribution is -0.143. The standard InChI is InChI=1S/C30H34N10O6/c1-16-13-17(39-11-12-40(28(45)46-29(2,3)4)30(14-39,25(31)43)26(32)44)9-10-18(16)35-23(41)21-22(34-15-33-21)24(42)38-27-36-19-7-5-6-8-20(19)37-27/h5-10,13,15H,11-12,14H2,1-4H3,(H2,31,43)(H2,32,44)(H,33,34)(H,35,41)(H2,36,37,38,42). The third kappa shape index (κ3) is 6.04. The third-order valence-electron chi connectivity index (χ3n) is 7.43. The van der Waals surface area contributed by atoms with Gasteiger partial charge in [-0.05, 0) is 63.6 Å². The first kappa shape index (κ1) is 31.5. The van der Waals surface area contributed by atoms with E-state index < -0.39 is 40.9 Å². The van der Waals surface area contributed by atoms with Gasteiger partial charge in [0.2, 0.25) is 11.5 Å². The number of amides is 5. The average molecular weight is 631 g/mol. The van der Waals surface area contributed by atoms with Crippen LogP contribution in [0, 0.1) is 6.92 Å². The minimum Gasteiger partial charge on any atom is -0.444 e. The Kier molecular flexibility index (Phi) is 8.13. The molecule has 1 aliphatic rings. The second kappa shape index (κ2) is 11.9. The molecule has 2 aromatic heterocycles. The number of anilines is 3. The normalized spacial score (nSPS) is 14.5. The molecule has 4 aromatic rings. The van der Waals surface area contributed by atoms with Gasteiger partial charge >= 0.3 is 6.09 Å². The fourth-order valence-electron chi connectivity index (χ4n) is 5.17. The number of hydrogen-bond acceptors (Lipinski definition) is 9. The second-order valence-electron chi connectivity index (χ2n) is 11.8. The number of carbonyl (C=O) groups excluding carboxylic acids is 5. The molecule has 0 aliphatic carbocycles. The molecular weight excluding hydrogens is 596 g/mol. The molecular formula is C30H34N10O6. The van der Waals surface area contributed by atoms with Crippen molar-refractivity contribution >= 4 is 58.1 Å². The Labute approximate surface area is 262 Å². The van der Waals surface area contributed by atoms with E-state index in [0.29, 0.717) is 22.5 Å². The van der Waals surface area contributed by atoms with E-state index in [1.807, 2.05) is 18.2 Å². The van der Waals surface area contributed by atoms with E-state index in [4.69, 9.17) is 16.2 Å². The van der Waals surface area contributed by atoms with Crippen LogP contribution in [0.3, 0.4) is 0 Å². The number of primary amides is 2. The Morgan fingerprint density at radius 3 is 2.35 bits per heavy atom. The van der Waals surface area contributed by atoms with Crippen molar-refractivity contribution in [3.8, 4) is 0 Å². The van der Waals surface area contributed by atoms with Crippen LogP contribution >= 0.6 is 0 Å². The number of rotatable bonds is 7. The number of para-hydroxylation sites is 2. The van der Waals surface area contributed by atoms with Gasteiger partial charge in [-0.25, -0.2) is 14.8 Å². The lowest BCUT2D eigenvalue weighted by Crippen LogP contribution is -2.74. The molecule has 0 radical (unpaired) electrons. The maximum Gasteiger partial charge on any atom is 0.411 e. The minimum atomic E-state index is -2.17. The van der Waals surface area contributed by atoms with Crippen molar-refractivity contribution in [2.24, 2.45) is 11.5 Å². The molecule has 1 aliphatic heterocycles. The lowest BCUT2D eigenvalue weighted by atomic mass is 9.91. The largest absolute Gasteiger partial charge is 0.444 e. The van der Waals surface area contributed by atoms with Crippen LogP contribution in [0.25, 0.3) is 11.0 Å². The molecule has 240 valence electrons. The van der Waals surface area contributed by atoms with Gasteiger partial charge in [-0.15, -0.1) is 0 Å². The summed E-state index contributed by atoms with van der Waals surface area (Å²) in [6.07, 6.45) is 0.349. The highest BCUT2D eigenvalue weighted by molar-refractivity contribution is 6.13. The van der Waals surface area contributed by atoms with Gasteiger partial charge in [0.1, 0.15) is 11.3 Å². The number of carbonyl (C=O) groups is 5. The predicted octanol–water partition coefficient (Wildman–Crippen LogP) is 1.87. The van der Waals surface area contributed by atoms with Crippen molar-refractivity contribution in [1.82, 2.24) is 24.8 Å². The summed E-state index contributed by atoms with van der Waals surface area (Å²) in [5, 5.41) is 5.39. The molecule has 0 saturated carbocycles. The van der Waals surface area contributed by atoms with Gasteiger partial charge in [0, 0.05) is 24.5 Å². The van der Waals surface area contributed by atoms with Gasteiger partial charge in [0.15, 0.2) is 5.69 Å². The number of imidazole rings is 2. The van der Waals surface area contributed by atoms with Gasteiger partial charge in [0.25, 0.3) is 23.6 Å². The zero-order valence-corrected chi connectivity index (χ0v) is 25.6. The average Bonchev–Trinajstić information content (AvgIpc) is 3.64. The van der Waals surface area contributed by atoms with E-state index >= 15 is 0 Å². The first-order valence-electron chi connectivity index (χ1n) is 14.3. The smallest absolute Gasteiger partial charge is 0.411 e. The summed E-state index contributed by atoms with van der Waals surface area (Å²) < 4.78 is 5.42. The van der Waals surface area contributed by atoms with Crippen LogP contribution in [0.4, 0.5) is 22.1 Å². The van der Waals surface area contributed by atoms with Crippen LogP contribution in [0.1, 0.15) is 47.3 Å². The fourth-order valence-corrected chi connectivity index (χ4v) is 5.17. The summed E-state index contributed by atoms with van der Waals surface area (Å²) in [6.45, 7) is 6.56.